The van der Waals surface area contributed by atoms with E-state index in [4.69, 9.17) is 5.11 Å². The first kappa shape index (κ1) is 13.6. The molecule has 0 unspecified atom stereocenters. The first-order chi connectivity index (χ1) is 9.65. The third-order valence-electron chi connectivity index (χ3n) is 4.08. The minimum Gasteiger partial charge on any atom is -0.480 e. The smallest absolute Gasteiger partial charge is 0.323 e. The molecule has 2 aliphatic carbocycles. The third kappa shape index (κ3) is 2.87. The van der Waals surface area contributed by atoms with Gasteiger partial charge in [-0.25, -0.2) is 0 Å². The van der Waals surface area contributed by atoms with Crippen molar-refractivity contribution in [3.8, 4) is 0 Å². The van der Waals surface area contributed by atoms with Crippen LogP contribution in [0.25, 0.3) is 0 Å². The summed E-state index contributed by atoms with van der Waals surface area (Å²) in [5.74, 6) is -0.505. The zero-order chi connectivity index (χ0) is 14.1. The average molecular weight is 293 g/mol. The molecule has 1 N–H and O–H groups in total. The van der Waals surface area contributed by atoms with Gasteiger partial charge in [0, 0.05) is 16.8 Å². The fraction of sp³-hybridized carbons (Fsp3) is 0.600. The van der Waals surface area contributed by atoms with Crippen molar-refractivity contribution in [1.82, 2.24) is 4.90 Å². The molecule has 0 radical (unpaired) electrons. The van der Waals surface area contributed by atoms with Crippen LogP contribution in [0.2, 0.25) is 0 Å². The van der Waals surface area contributed by atoms with Crippen molar-refractivity contribution < 1.29 is 14.7 Å². The zero-order valence-electron chi connectivity index (χ0n) is 11.4. The maximum atomic E-state index is 12.6. The van der Waals surface area contributed by atoms with Gasteiger partial charge in [-0.15, -0.1) is 11.3 Å². The molecule has 3 rings (SSSR count). The molecule has 20 heavy (non-hydrogen) atoms. The van der Waals surface area contributed by atoms with Crippen molar-refractivity contribution in [2.45, 2.75) is 38.5 Å². The minimum absolute atomic E-state index is 0.0845. The molecule has 1 fully saturated rings. The zero-order valence-corrected chi connectivity index (χ0v) is 12.2. The highest BCUT2D eigenvalue weighted by atomic mass is 32.1. The number of carbonyl (C=O) groups excluding carboxylic acids is 1. The van der Waals surface area contributed by atoms with Crippen LogP contribution in [0.15, 0.2) is 5.38 Å². The van der Waals surface area contributed by atoms with Crippen LogP contribution >= 0.6 is 11.3 Å². The van der Waals surface area contributed by atoms with E-state index in [0.717, 1.165) is 37.7 Å². The van der Waals surface area contributed by atoms with E-state index in [1.54, 1.807) is 11.3 Å². The average Bonchev–Trinajstić information content (AvgIpc) is 3.14. The molecule has 0 aromatic carbocycles. The van der Waals surface area contributed by atoms with E-state index in [0.29, 0.717) is 12.5 Å². The summed E-state index contributed by atoms with van der Waals surface area (Å²) in [6, 6.07) is 0. The van der Waals surface area contributed by atoms with Crippen molar-refractivity contribution >= 4 is 23.2 Å². The van der Waals surface area contributed by atoms with Gasteiger partial charge in [-0.05, 0) is 50.0 Å². The third-order valence-corrected chi connectivity index (χ3v) is 5.17. The standard InChI is InChI=1S/C15H19NO3S/c17-14(18)8-16(7-10-5-6-10)15(19)12-9-20-13-4-2-1-3-11(12)13/h9-10H,1-8H2,(H,17,18). The summed E-state index contributed by atoms with van der Waals surface area (Å²) in [5.41, 5.74) is 1.93. The number of nitrogens with zero attached hydrogens (tertiary/aromatic N) is 1. The Kier molecular flexibility index (Phi) is 3.78. The normalized spacial score (nSPS) is 17.6. The number of aryl methyl sites for hydroxylation is 1. The van der Waals surface area contributed by atoms with Gasteiger partial charge in [0.25, 0.3) is 5.91 Å². The first-order valence-corrected chi connectivity index (χ1v) is 8.13. The second-order valence-electron chi connectivity index (χ2n) is 5.78. The Morgan fingerprint density at radius 1 is 1.30 bits per heavy atom. The summed E-state index contributed by atoms with van der Waals surface area (Å²) in [4.78, 5) is 26.5. The van der Waals surface area contributed by atoms with E-state index in [2.05, 4.69) is 0 Å². The molecule has 0 atom stereocenters. The molecule has 1 amide bonds. The van der Waals surface area contributed by atoms with Gasteiger partial charge in [-0.2, -0.15) is 0 Å². The maximum absolute atomic E-state index is 12.6. The summed E-state index contributed by atoms with van der Waals surface area (Å²) < 4.78 is 0. The number of hydrogen-bond acceptors (Lipinski definition) is 3. The van der Waals surface area contributed by atoms with E-state index in [1.807, 2.05) is 5.38 Å². The first-order valence-electron chi connectivity index (χ1n) is 7.25. The number of thiophene rings is 1. The monoisotopic (exact) mass is 293 g/mol. The van der Waals surface area contributed by atoms with Gasteiger partial charge >= 0.3 is 5.97 Å². The second-order valence-corrected chi connectivity index (χ2v) is 6.75. The molecule has 1 aromatic rings. The quantitative estimate of drug-likeness (QED) is 0.907. The molecule has 1 aromatic heterocycles. The minimum atomic E-state index is -0.928. The molecule has 4 nitrogen and oxygen atoms in total. The van der Waals surface area contributed by atoms with Gasteiger partial charge in [-0.1, -0.05) is 0 Å². The van der Waals surface area contributed by atoms with Crippen molar-refractivity contribution in [3.05, 3.63) is 21.4 Å². The number of carbonyl (C=O) groups is 2. The SMILES string of the molecule is O=C(O)CN(CC1CC1)C(=O)c1csc2c1CCCC2. The van der Waals surface area contributed by atoms with Crippen LogP contribution in [-0.2, 0) is 17.6 Å². The molecule has 1 saturated carbocycles. The largest absolute Gasteiger partial charge is 0.480 e. The summed E-state index contributed by atoms with van der Waals surface area (Å²) in [6.45, 7) is 0.412. The summed E-state index contributed by atoms with van der Waals surface area (Å²) >= 11 is 1.66. The summed E-state index contributed by atoms with van der Waals surface area (Å²) in [7, 11) is 0. The molecule has 0 bridgehead atoms. The highest BCUT2D eigenvalue weighted by molar-refractivity contribution is 7.10. The van der Waals surface area contributed by atoms with E-state index in [1.165, 1.54) is 21.8 Å². The van der Waals surface area contributed by atoms with Crippen LogP contribution in [-0.4, -0.2) is 35.0 Å². The molecule has 0 aliphatic heterocycles. The van der Waals surface area contributed by atoms with Crippen LogP contribution in [0.4, 0.5) is 0 Å². The number of hydrogen-bond donors (Lipinski definition) is 1. The van der Waals surface area contributed by atoms with Crippen LogP contribution in [0.1, 0.15) is 46.5 Å². The van der Waals surface area contributed by atoms with Crippen molar-refractivity contribution in [2.75, 3.05) is 13.1 Å². The van der Waals surface area contributed by atoms with Crippen molar-refractivity contribution in [1.29, 1.82) is 0 Å². The molecule has 108 valence electrons. The molecule has 2 aliphatic rings. The molecule has 5 heteroatoms. The van der Waals surface area contributed by atoms with Crippen LogP contribution in [0.5, 0.6) is 0 Å². The van der Waals surface area contributed by atoms with Gasteiger partial charge in [-0.3, -0.25) is 9.59 Å². The van der Waals surface area contributed by atoms with Crippen LogP contribution in [0, 0.1) is 5.92 Å². The summed E-state index contributed by atoms with van der Waals surface area (Å²) in [6.07, 6.45) is 6.59. The van der Waals surface area contributed by atoms with Gasteiger partial charge < -0.3 is 10.0 Å². The Bertz CT molecular complexity index is 533. The Balaban J connectivity index is 1.80. The fourth-order valence-electron chi connectivity index (χ4n) is 2.84. The van der Waals surface area contributed by atoms with Gasteiger partial charge in [0.05, 0.1) is 5.56 Å². The predicted molar refractivity (Wildman–Crippen MR) is 77.2 cm³/mol. The van der Waals surface area contributed by atoms with Gasteiger partial charge in [0.15, 0.2) is 0 Å². The Morgan fingerprint density at radius 3 is 2.75 bits per heavy atom. The summed E-state index contributed by atoms with van der Waals surface area (Å²) in [5, 5.41) is 10.9. The van der Waals surface area contributed by atoms with Crippen molar-refractivity contribution in [3.63, 3.8) is 0 Å². The Morgan fingerprint density at radius 2 is 2.05 bits per heavy atom. The number of amides is 1. The number of aliphatic carboxylic acids is 1. The van der Waals surface area contributed by atoms with Gasteiger partial charge in [0.2, 0.25) is 0 Å². The highest BCUT2D eigenvalue weighted by Crippen LogP contribution is 2.33. The van der Waals surface area contributed by atoms with Gasteiger partial charge in [0.1, 0.15) is 6.54 Å². The van der Waals surface area contributed by atoms with E-state index in [-0.39, 0.29) is 12.5 Å². The molecular formula is C15H19NO3S. The highest BCUT2D eigenvalue weighted by Gasteiger charge is 2.30. The lowest BCUT2D eigenvalue weighted by molar-refractivity contribution is -0.137. The predicted octanol–water partition coefficient (Wildman–Crippen LogP) is 2.56. The number of carboxylic acids is 1. The second kappa shape index (κ2) is 5.56. The molecule has 0 saturated heterocycles. The lowest BCUT2D eigenvalue weighted by atomic mass is 9.95. The fourth-order valence-corrected chi connectivity index (χ4v) is 3.96. The van der Waals surface area contributed by atoms with E-state index in [9.17, 15) is 9.59 Å². The van der Waals surface area contributed by atoms with E-state index >= 15 is 0 Å². The molecule has 1 heterocycles. The Labute approximate surface area is 122 Å². The molecule has 0 spiro atoms. The number of rotatable bonds is 5. The molecular weight excluding hydrogens is 274 g/mol. The topological polar surface area (TPSA) is 57.6 Å². The van der Waals surface area contributed by atoms with Crippen LogP contribution in [0.3, 0.4) is 0 Å². The lowest BCUT2D eigenvalue weighted by Gasteiger charge is -2.21. The Hall–Kier alpha value is -1.36. The number of carboxylic acid groups (broad SMARTS) is 1. The van der Waals surface area contributed by atoms with Crippen LogP contribution < -0.4 is 0 Å². The lowest BCUT2D eigenvalue weighted by Crippen LogP contribution is -2.37. The van der Waals surface area contributed by atoms with Crippen molar-refractivity contribution in [2.24, 2.45) is 5.92 Å². The number of fused-ring (bicyclic) bond motifs is 1. The maximum Gasteiger partial charge on any atom is 0.323 e. The van der Waals surface area contributed by atoms with E-state index < -0.39 is 5.97 Å².